The second-order valence-corrected chi connectivity index (χ2v) is 3.98. The van der Waals surface area contributed by atoms with Crippen molar-refractivity contribution in [3.8, 4) is 0 Å². The molecule has 8 heteroatoms. The second-order valence-electron chi connectivity index (χ2n) is 3.98. The number of aryl methyl sites for hydroxylation is 1. The molecule has 0 bridgehead atoms. The molecule has 0 unspecified atom stereocenters. The van der Waals surface area contributed by atoms with Crippen molar-refractivity contribution in [3.63, 3.8) is 0 Å². The summed E-state index contributed by atoms with van der Waals surface area (Å²) in [6, 6.07) is 3.05. The number of aromatic nitrogens is 2. The van der Waals surface area contributed by atoms with Crippen LogP contribution in [0, 0.1) is 11.6 Å². The number of nitrogens with two attached hydrogens (primary N) is 1. The first kappa shape index (κ1) is 13.7. The Morgan fingerprint density at radius 1 is 1.30 bits per heavy atom. The number of nitrogens with zero attached hydrogens (tertiary/aromatic N) is 2. The van der Waals surface area contributed by atoms with Crippen LogP contribution < -0.4 is 11.1 Å². The lowest BCUT2D eigenvalue weighted by Gasteiger charge is -2.05. The SMILES string of the molecule is Cn1cc(NC(=O)c2c(F)cccc2F)c(C(N)=O)n1. The number of hydrogen-bond donors (Lipinski definition) is 2. The highest BCUT2D eigenvalue weighted by Gasteiger charge is 2.20. The van der Waals surface area contributed by atoms with Gasteiger partial charge in [0.15, 0.2) is 5.69 Å². The van der Waals surface area contributed by atoms with Gasteiger partial charge in [0.1, 0.15) is 17.2 Å². The third-order valence-corrected chi connectivity index (χ3v) is 2.50. The number of benzene rings is 1. The molecule has 104 valence electrons. The van der Waals surface area contributed by atoms with Gasteiger partial charge >= 0.3 is 0 Å². The molecule has 0 radical (unpaired) electrons. The fourth-order valence-electron chi connectivity index (χ4n) is 1.66. The number of rotatable bonds is 3. The lowest BCUT2D eigenvalue weighted by atomic mass is 10.2. The molecule has 0 aliphatic carbocycles. The number of amides is 2. The van der Waals surface area contributed by atoms with Crippen LogP contribution in [0.5, 0.6) is 0 Å². The molecular formula is C12H10F2N4O2. The fourth-order valence-corrected chi connectivity index (χ4v) is 1.66. The Morgan fingerprint density at radius 3 is 2.45 bits per heavy atom. The molecule has 0 atom stereocenters. The van der Waals surface area contributed by atoms with Gasteiger partial charge < -0.3 is 11.1 Å². The Kier molecular flexibility index (Phi) is 3.47. The Balaban J connectivity index is 2.35. The van der Waals surface area contributed by atoms with Crippen molar-refractivity contribution in [2.45, 2.75) is 0 Å². The van der Waals surface area contributed by atoms with Crippen molar-refractivity contribution in [2.24, 2.45) is 12.8 Å². The first-order valence-electron chi connectivity index (χ1n) is 5.49. The van der Waals surface area contributed by atoms with E-state index in [2.05, 4.69) is 10.4 Å². The van der Waals surface area contributed by atoms with Crippen LogP contribution in [0.1, 0.15) is 20.8 Å². The number of primary amides is 1. The number of nitrogens with one attached hydrogen (secondary N) is 1. The molecule has 1 aromatic heterocycles. The summed E-state index contributed by atoms with van der Waals surface area (Å²) in [4.78, 5) is 23.0. The average molecular weight is 280 g/mol. The molecule has 2 aromatic rings. The summed E-state index contributed by atoms with van der Waals surface area (Å²) in [5.41, 5.74) is 4.13. The highest BCUT2D eigenvalue weighted by molar-refractivity contribution is 6.08. The number of hydrogen-bond acceptors (Lipinski definition) is 3. The van der Waals surface area contributed by atoms with E-state index >= 15 is 0 Å². The molecule has 0 spiro atoms. The first-order chi connectivity index (χ1) is 9.40. The maximum atomic E-state index is 13.5. The molecule has 0 fully saturated rings. The van der Waals surface area contributed by atoms with E-state index in [-0.39, 0.29) is 11.4 Å². The zero-order valence-corrected chi connectivity index (χ0v) is 10.4. The van der Waals surface area contributed by atoms with E-state index in [1.54, 1.807) is 0 Å². The summed E-state index contributed by atoms with van der Waals surface area (Å²) in [5.74, 6) is -3.91. The topological polar surface area (TPSA) is 90.0 Å². The molecule has 2 rings (SSSR count). The third kappa shape index (κ3) is 2.48. The highest BCUT2D eigenvalue weighted by Crippen LogP contribution is 2.17. The minimum Gasteiger partial charge on any atom is -0.364 e. The molecule has 0 saturated heterocycles. The van der Waals surface area contributed by atoms with Crippen LogP contribution in [0.4, 0.5) is 14.5 Å². The summed E-state index contributed by atoms with van der Waals surface area (Å²) in [6.07, 6.45) is 1.30. The number of carbonyl (C=O) groups is 2. The van der Waals surface area contributed by atoms with E-state index in [0.29, 0.717) is 0 Å². The Labute approximate surface area is 112 Å². The molecule has 3 N–H and O–H groups in total. The van der Waals surface area contributed by atoms with E-state index < -0.39 is 29.0 Å². The Hall–Kier alpha value is -2.77. The number of anilines is 1. The van der Waals surface area contributed by atoms with Crippen LogP contribution in [-0.4, -0.2) is 21.6 Å². The fraction of sp³-hybridized carbons (Fsp3) is 0.0833. The summed E-state index contributed by atoms with van der Waals surface area (Å²) < 4.78 is 28.2. The highest BCUT2D eigenvalue weighted by atomic mass is 19.1. The van der Waals surface area contributed by atoms with Gasteiger partial charge in [-0.2, -0.15) is 5.10 Å². The third-order valence-electron chi connectivity index (χ3n) is 2.50. The lowest BCUT2D eigenvalue weighted by molar-refractivity contribution is 0.0995. The Morgan fingerprint density at radius 2 is 1.90 bits per heavy atom. The van der Waals surface area contributed by atoms with Crippen molar-refractivity contribution in [1.82, 2.24) is 9.78 Å². The van der Waals surface area contributed by atoms with Gasteiger partial charge in [0.2, 0.25) is 0 Å². The zero-order chi connectivity index (χ0) is 14.9. The van der Waals surface area contributed by atoms with Gasteiger partial charge in [0.25, 0.3) is 11.8 Å². The quantitative estimate of drug-likeness (QED) is 0.880. The van der Waals surface area contributed by atoms with Gasteiger partial charge in [0.05, 0.1) is 5.69 Å². The van der Waals surface area contributed by atoms with Crippen molar-refractivity contribution in [1.29, 1.82) is 0 Å². The molecule has 2 amide bonds. The second kappa shape index (κ2) is 5.08. The predicted octanol–water partition coefficient (Wildman–Crippen LogP) is 1.05. The zero-order valence-electron chi connectivity index (χ0n) is 10.4. The largest absolute Gasteiger partial charge is 0.364 e. The minimum atomic E-state index is -1.03. The van der Waals surface area contributed by atoms with E-state index in [1.807, 2.05) is 0 Å². The molecule has 20 heavy (non-hydrogen) atoms. The van der Waals surface area contributed by atoms with Gasteiger partial charge in [-0.25, -0.2) is 8.78 Å². The van der Waals surface area contributed by atoms with Crippen molar-refractivity contribution >= 4 is 17.5 Å². The van der Waals surface area contributed by atoms with Crippen molar-refractivity contribution in [2.75, 3.05) is 5.32 Å². The van der Waals surface area contributed by atoms with Crippen molar-refractivity contribution in [3.05, 3.63) is 47.3 Å². The molecule has 0 aliphatic heterocycles. The molecule has 1 aromatic carbocycles. The van der Waals surface area contributed by atoms with Crippen LogP contribution in [0.25, 0.3) is 0 Å². The average Bonchev–Trinajstić information content (AvgIpc) is 2.70. The van der Waals surface area contributed by atoms with Crippen LogP contribution in [-0.2, 0) is 7.05 Å². The summed E-state index contributed by atoms with van der Waals surface area (Å²) in [6.45, 7) is 0. The van der Waals surface area contributed by atoms with E-state index in [9.17, 15) is 18.4 Å². The first-order valence-corrected chi connectivity index (χ1v) is 5.49. The van der Waals surface area contributed by atoms with Gasteiger partial charge in [0, 0.05) is 13.2 Å². The van der Waals surface area contributed by atoms with Gasteiger partial charge in [-0.3, -0.25) is 14.3 Å². The maximum absolute atomic E-state index is 13.5. The molecule has 0 saturated carbocycles. The smallest absolute Gasteiger partial charge is 0.271 e. The van der Waals surface area contributed by atoms with Crippen LogP contribution in [0.3, 0.4) is 0 Å². The maximum Gasteiger partial charge on any atom is 0.271 e. The summed E-state index contributed by atoms with van der Waals surface area (Å²) in [7, 11) is 1.51. The Bertz CT molecular complexity index is 677. The molecule has 1 heterocycles. The molecule has 6 nitrogen and oxygen atoms in total. The monoisotopic (exact) mass is 280 g/mol. The lowest BCUT2D eigenvalue weighted by Crippen LogP contribution is -2.19. The number of halogens is 2. The van der Waals surface area contributed by atoms with Gasteiger partial charge in [-0.05, 0) is 12.1 Å². The van der Waals surface area contributed by atoms with E-state index in [4.69, 9.17) is 5.73 Å². The minimum absolute atomic E-state index is 0.0207. The van der Waals surface area contributed by atoms with Crippen LogP contribution >= 0.6 is 0 Å². The predicted molar refractivity (Wildman–Crippen MR) is 66.0 cm³/mol. The molecule has 0 aliphatic rings. The standard InChI is InChI=1S/C12H10F2N4O2/c1-18-5-8(10(17-18)11(15)19)16-12(20)9-6(13)3-2-4-7(9)14/h2-5H,1H3,(H2,15,19)(H,16,20). The number of carbonyl (C=O) groups excluding carboxylic acids is 2. The molecular weight excluding hydrogens is 270 g/mol. The van der Waals surface area contributed by atoms with Gasteiger partial charge in [-0.1, -0.05) is 6.07 Å². The summed E-state index contributed by atoms with van der Waals surface area (Å²) >= 11 is 0. The van der Waals surface area contributed by atoms with Gasteiger partial charge in [-0.15, -0.1) is 0 Å². The van der Waals surface area contributed by atoms with Crippen molar-refractivity contribution < 1.29 is 18.4 Å². The van der Waals surface area contributed by atoms with E-state index in [1.165, 1.54) is 17.9 Å². The van der Waals surface area contributed by atoms with Crippen LogP contribution in [0.15, 0.2) is 24.4 Å². The van der Waals surface area contributed by atoms with Crippen LogP contribution in [0.2, 0.25) is 0 Å². The van der Waals surface area contributed by atoms with E-state index in [0.717, 1.165) is 18.2 Å². The normalized spacial score (nSPS) is 10.3. The summed E-state index contributed by atoms with van der Waals surface area (Å²) in [5, 5.41) is 5.95.